The van der Waals surface area contributed by atoms with Crippen LogP contribution >= 0.6 is 23.2 Å². The van der Waals surface area contributed by atoms with Crippen molar-refractivity contribution in [1.29, 1.82) is 0 Å². The van der Waals surface area contributed by atoms with E-state index in [1.54, 1.807) is 24.3 Å². The first-order valence-electron chi connectivity index (χ1n) is 4.93. The van der Waals surface area contributed by atoms with Crippen LogP contribution in [0.2, 0.25) is 10.0 Å². The monoisotopic (exact) mass is 279 g/mol. The molecule has 2 rings (SSSR count). The summed E-state index contributed by atoms with van der Waals surface area (Å²) < 4.78 is 5.45. The van der Waals surface area contributed by atoms with Gasteiger partial charge in [-0.3, -0.25) is 0 Å². The summed E-state index contributed by atoms with van der Waals surface area (Å²) >= 11 is 11.8. The Morgan fingerprint density at radius 3 is 2.50 bits per heavy atom. The quantitative estimate of drug-likeness (QED) is 0.781. The van der Waals surface area contributed by atoms with Gasteiger partial charge in [-0.2, -0.15) is 0 Å². The molecular weight excluding hydrogens is 273 g/mol. The highest BCUT2D eigenvalue weighted by Crippen LogP contribution is 2.37. The van der Waals surface area contributed by atoms with Gasteiger partial charge in [0.05, 0.1) is 11.6 Å². The van der Waals surface area contributed by atoms with Crippen LogP contribution in [0, 0.1) is 6.57 Å². The van der Waals surface area contributed by atoms with E-state index in [0.717, 1.165) is 0 Å². The molecule has 0 aliphatic carbocycles. The molecule has 0 saturated heterocycles. The van der Waals surface area contributed by atoms with Crippen LogP contribution in [0.15, 0.2) is 36.4 Å². The van der Waals surface area contributed by atoms with Crippen molar-refractivity contribution in [3.8, 4) is 17.2 Å². The average Bonchev–Trinajstić information content (AvgIpc) is 2.36. The van der Waals surface area contributed by atoms with Gasteiger partial charge in [0.2, 0.25) is 0 Å². The molecule has 0 radical (unpaired) electrons. The molecule has 18 heavy (non-hydrogen) atoms. The van der Waals surface area contributed by atoms with Gasteiger partial charge in [-0.05, 0) is 24.3 Å². The fourth-order valence-corrected chi connectivity index (χ4v) is 1.65. The summed E-state index contributed by atoms with van der Waals surface area (Å²) in [5.41, 5.74) is 0.331. The Morgan fingerprint density at radius 2 is 1.83 bits per heavy atom. The Labute approximate surface area is 114 Å². The topological polar surface area (TPSA) is 33.8 Å². The minimum atomic E-state index is -0.125. The fourth-order valence-electron chi connectivity index (χ4n) is 1.34. The molecule has 0 saturated carbocycles. The maximum Gasteiger partial charge on any atom is 0.191 e. The molecule has 0 spiro atoms. The molecule has 0 aromatic heterocycles. The number of phenolic OH excluding ortho intramolecular Hbond substituents is 1. The van der Waals surface area contributed by atoms with Crippen LogP contribution in [0.3, 0.4) is 0 Å². The van der Waals surface area contributed by atoms with E-state index in [1.807, 2.05) is 0 Å². The largest absolute Gasteiger partial charge is 0.505 e. The lowest BCUT2D eigenvalue weighted by Crippen LogP contribution is -1.86. The summed E-state index contributed by atoms with van der Waals surface area (Å²) in [4.78, 5) is 3.20. The first-order valence-corrected chi connectivity index (χ1v) is 5.69. The number of hydrogen-bond donors (Lipinski definition) is 1. The molecule has 3 nitrogen and oxygen atoms in total. The Hall–Kier alpha value is -1.89. The van der Waals surface area contributed by atoms with Gasteiger partial charge in [-0.1, -0.05) is 29.3 Å². The highest BCUT2D eigenvalue weighted by atomic mass is 35.5. The summed E-state index contributed by atoms with van der Waals surface area (Å²) in [7, 11) is 0. The average molecular weight is 280 g/mol. The number of aromatic hydroxyl groups is 1. The third-order valence-electron chi connectivity index (χ3n) is 2.18. The lowest BCUT2D eigenvalue weighted by Gasteiger charge is -2.09. The summed E-state index contributed by atoms with van der Waals surface area (Å²) in [6.45, 7) is 6.83. The molecule has 5 heteroatoms. The second kappa shape index (κ2) is 5.18. The van der Waals surface area contributed by atoms with Crippen LogP contribution in [0.25, 0.3) is 4.85 Å². The van der Waals surface area contributed by atoms with Crippen LogP contribution in [0.1, 0.15) is 0 Å². The third kappa shape index (κ3) is 2.67. The standard InChI is InChI=1S/C13H7Cl2NO2/c1-16-9-3-5-12(11(17)7-9)18-13-6-8(14)2-4-10(13)15/h2-7,17H. The van der Waals surface area contributed by atoms with Gasteiger partial charge in [0, 0.05) is 11.1 Å². The molecule has 90 valence electrons. The molecule has 0 amide bonds. The van der Waals surface area contributed by atoms with Crippen molar-refractivity contribution in [3.63, 3.8) is 0 Å². The fraction of sp³-hybridized carbons (Fsp3) is 0. The maximum absolute atomic E-state index is 9.70. The van der Waals surface area contributed by atoms with Crippen molar-refractivity contribution < 1.29 is 9.84 Å². The van der Waals surface area contributed by atoms with E-state index in [0.29, 0.717) is 21.5 Å². The Bertz CT molecular complexity index is 635. The molecule has 2 aromatic rings. The minimum absolute atomic E-state index is 0.125. The van der Waals surface area contributed by atoms with Crippen molar-refractivity contribution in [3.05, 3.63) is 57.9 Å². The van der Waals surface area contributed by atoms with Gasteiger partial charge in [0.15, 0.2) is 11.4 Å². The normalized spacial score (nSPS) is 9.83. The van der Waals surface area contributed by atoms with E-state index < -0.39 is 0 Å². The van der Waals surface area contributed by atoms with Crippen molar-refractivity contribution in [2.45, 2.75) is 0 Å². The molecule has 2 aromatic carbocycles. The van der Waals surface area contributed by atoms with Crippen LogP contribution in [-0.2, 0) is 0 Å². The van der Waals surface area contributed by atoms with Crippen LogP contribution in [0.4, 0.5) is 5.69 Å². The zero-order valence-corrected chi connectivity index (χ0v) is 10.5. The Kier molecular flexibility index (Phi) is 3.61. The lowest BCUT2D eigenvalue weighted by atomic mass is 10.3. The molecule has 0 bridgehead atoms. The number of halogens is 2. The summed E-state index contributed by atoms with van der Waals surface area (Å²) in [6, 6.07) is 9.15. The number of rotatable bonds is 2. The van der Waals surface area contributed by atoms with E-state index in [4.69, 9.17) is 34.5 Å². The predicted octanol–water partition coefficient (Wildman–Crippen LogP) is 5.04. The van der Waals surface area contributed by atoms with E-state index in [9.17, 15) is 5.11 Å². The van der Waals surface area contributed by atoms with Crippen LogP contribution < -0.4 is 4.74 Å². The molecule has 0 aliphatic rings. The molecular formula is C13H7Cl2NO2. The van der Waals surface area contributed by atoms with E-state index in [1.165, 1.54) is 12.1 Å². The summed E-state index contributed by atoms with van der Waals surface area (Å²) in [5.74, 6) is 0.432. The highest BCUT2D eigenvalue weighted by Gasteiger charge is 2.08. The number of hydrogen-bond acceptors (Lipinski definition) is 2. The molecule has 0 unspecified atom stereocenters. The lowest BCUT2D eigenvalue weighted by molar-refractivity contribution is 0.412. The molecule has 0 atom stereocenters. The van der Waals surface area contributed by atoms with E-state index in [-0.39, 0.29) is 11.5 Å². The van der Waals surface area contributed by atoms with Crippen molar-refractivity contribution in [2.75, 3.05) is 0 Å². The zero-order chi connectivity index (χ0) is 13.1. The Morgan fingerprint density at radius 1 is 1.06 bits per heavy atom. The molecule has 0 heterocycles. The van der Waals surface area contributed by atoms with E-state index in [2.05, 4.69) is 4.85 Å². The van der Waals surface area contributed by atoms with Crippen molar-refractivity contribution in [2.24, 2.45) is 0 Å². The summed E-state index contributed by atoms with van der Waals surface area (Å²) in [5, 5.41) is 10.6. The predicted molar refractivity (Wildman–Crippen MR) is 70.9 cm³/mol. The molecule has 1 N–H and O–H groups in total. The van der Waals surface area contributed by atoms with E-state index >= 15 is 0 Å². The zero-order valence-electron chi connectivity index (χ0n) is 9.02. The first kappa shape index (κ1) is 12.6. The van der Waals surface area contributed by atoms with Crippen LogP contribution in [-0.4, -0.2) is 5.11 Å². The second-order valence-electron chi connectivity index (χ2n) is 3.44. The number of ether oxygens (including phenoxy) is 1. The van der Waals surface area contributed by atoms with Gasteiger partial charge in [0.25, 0.3) is 0 Å². The maximum atomic E-state index is 9.70. The van der Waals surface area contributed by atoms with Crippen molar-refractivity contribution in [1.82, 2.24) is 0 Å². The van der Waals surface area contributed by atoms with Gasteiger partial charge in [0.1, 0.15) is 11.5 Å². The smallest absolute Gasteiger partial charge is 0.191 e. The second-order valence-corrected chi connectivity index (χ2v) is 4.28. The number of nitrogens with zero attached hydrogens (tertiary/aromatic N) is 1. The SMILES string of the molecule is [C-]#[N+]c1ccc(Oc2cc(Cl)ccc2Cl)c(O)c1. The number of benzene rings is 2. The van der Waals surface area contributed by atoms with Gasteiger partial charge < -0.3 is 9.84 Å². The highest BCUT2D eigenvalue weighted by molar-refractivity contribution is 6.34. The number of phenols is 1. The third-order valence-corrected chi connectivity index (χ3v) is 2.73. The van der Waals surface area contributed by atoms with Crippen molar-refractivity contribution >= 4 is 28.9 Å². The molecule has 0 fully saturated rings. The minimum Gasteiger partial charge on any atom is -0.505 e. The first-order chi connectivity index (χ1) is 8.60. The van der Waals surface area contributed by atoms with Gasteiger partial charge in [-0.25, -0.2) is 4.85 Å². The Balaban J connectivity index is 2.34. The van der Waals surface area contributed by atoms with Gasteiger partial charge in [-0.15, -0.1) is 0 Å². The summed E-state index contributed by atoms with van der Waals surface area (Å²) in [6.07, 6.45) is 0. The van der Waals surface area contributed by atoms with Gasteiger partial charge >= 0.3 is 0 Å². The molecule has 0 aliphatic heterocycles. The van der Waals surface area contributed by atoms with Crippen LogP contribution in [0.5, 0.6) is 17.2 Å².